The molecule has 96 valence electrons. The first kappa shape index (κ1) is 12.6. The second kappa shape index (κ2) is 5.19. The van der Waals surface area contributed by atoms with Gasteiger partial charge in [0.05, 0.1) is 12.0 Å². The lowest BCUT2D eigenvalue weighted by molar-refractivity contribution is -0.146. The van der Waals surface area contributed by atoms with Crippen LogP contribution in [0.5, 0.6) is 0 Å². The van der Waals surface area contributed by atoms with Crippen molar-refractivity contribution in [2.45, 2.75) is 25.7 Å². The number of carbonyl (C=O) groups excluding carboxylic acids is 1. The van der Waals surface area contributed by atoms with E-state index >= 15 is 0 Å². The van der Waals surface area contributed by atoms with Crippen molar-refractivity contribution in [3.63, 3.8) is 0 Å². The van der Waals surface area contributed by atoms with Crippen LogP contribution in [0, 0.1) is 5.41 Å². The maximum atomic E-state index is 12.4. The third kappa shape index (κ3) is 2.38. The van der Waals surface area contributed by atoms with Gasteiger partial charge in [0, 0.05) is 26.7 Å². The zero-order valence-corrected chi connectivity index (χ0v) is 10.6. The molecule has 2 rings (SSSR count). The standard InChI is InChI=1S/C13H22N2O2/c1-17-9-11-3-7-15(8-4-11)12(16)13(10-14)5-2-6-13/h3H,2,4-10,14H2,1H3. The molecular weight excluding hydrogens is 216 g/mol. The van der Waals surface area contributed by atoms with Gasteiger partial charge in [0.25, 0.3) is 0 Å². The van der Waals surface area contributed by atoms with Gasteiger partial charge in [0.2, 0.25) is 5.91 Å². The molecule has 17 heavy (non-hydrogen) atoms. The van der Waals surface area contributed by atoms with Crippen LogP contribution in [0.15, 0.2) is 11.6 Å². The molecule has 0 atom stereocenters. The number of methoxy groups -OCH3 is 1. The van der Waals surface area contributed by atoms with E-state index in [1.165, 1.54) is 5.57 Å². The Bertz CT molecular complexity index is 316. The minimum absolute atomic E-state index is 0.230. The Morgan fingerprint density at radius 1 is 1.59 bits per heavy atom. The fourth-order valence-electron chi connectivity index (χ4n) is 2.66. The molecule has 1 fully saturated rings. The first-order valence-corrected chi connectivity index (χ1v) is 6.38. The molecule has 1 amide bonds. The highest BCUT2D eigenvalue weighted by molar-refractivity contribution is 5.84. The molecule has 0 aromatic rings. The second-order valence-electron chi connectivity index (χ2n) is 5.13. The Morgan fingerprint density at radius 2 is 2.35 bits per heavy atom. The van der Waals surface area contributed by atoms with Crippen LogP contribution in [0.1, 0.15) is 25.7 Å². The van der Waals surface area contributed by atoms with Crippen molar-refractivity contribution in [1.29, 1.82) is 0 Å². The van der Waals surface area contributed by atoms with Gasteiger partial charge in [-0.1, -0.05) is 12.5 Å². The van der Waals surface area contributed by atoms with Gasteiger partial charge in [-0.25, -0.2) is 0 Å². The van der Waals surface area contributed by atoms with E-state index in [4.69, 9.17) is 10.5 Å². The summed E-state index contributed by atoms with van der Waals surface area (Å²) in [4.78, 5) is 14.3. The van der Waals surface area contributed by atoms with E-state index in [9.17, 15) is 4.79 Å². The van der Waals surface area contributed by atoms with Crippen LogP contribution in [0.2, 0.25) is 0 Å². The van der Waals surface area contributed by atoms with Crippen LogP contribution < -0.4 is 5.73 Å². The fourth-order valence-corrected chi connectivity index (χ4v) is 2.66. The largest absolute Gasteiger partial charge is 0.380 e. The van der Waals surface area contributed by atoms with E-state index in [1.54, 1.807) is 7.11 Å². The second-order valence-corrected chi connectivity index (χ2v) is 5.13. The predicted octanol–water partition coefficient (Wildman–Crippen LogP) is 0.920. The topological polar surface area (TPSA) is 55.6 Å². The van der Waals surface area contributed by atoms with Crippen LogP contribution in [0.3, 0.4) is 0 Å². The van der Waals surface area contributed by atoms with Crippen molar-refractivity contribution >= 4 is 5.91 Å². The maximum absolute atomic E-state index is 12.4. The average Bonchev–Trinajstić information content (AvgIpc) is 2.29. The zero-order chi connectivity index (χ0) is 12.3. The highest BCUT2D eigenvalue weighted by Gasteiger charge is 2.45. The van der Waals surface area contributed by atoms with E-state index in [1.807, 2.05) is 4.90 Å². The van der Waals surface area contributed by atoms with Crippen molar-refractivity contribution in [3.05, 3.63) is 11.6 Å². The molecule has 0 bridgehead atoms. The Kier molecular flexibility index (Phi) is 3.84. The lowest BCUT2D eigenvalue weighted by Crippen LogP contribution is -2.52. The molecule has 1 saturated carbocycles. The van der Waals surface area contributed by atoms with Crippen LogP contribution in [0.25, 0.3) is 0 Å². The molecule has 1 heterocycles. The Balaban J connectivity index is 1.94. The third-order valence-corrected chi connectivity index (χ3v) is 4.08. The number of amides is 1. The summed E-state index contributed by atoms with van der Waals surface area (Å²) in [5.74, 6) is 0.263. The Labute approximate surface area is 103 Å². The first-order valence-electron chi connectivity index (χ1n) is 6.38. The molecule has 0 aromatic carbocycles. The molecule has 0 unspecified atom stereocenters. The minimum Gasteiger partial charge on any atom is -0.380 e. The first-order chi connectivity index (χ1) is 8.22. The van der Waals surface area contributed by atoms with Crippen LogP contribution >= 0.6 is 0 Å². The number of ether oxygens (including phenoxy) is 1. The van der Waals surface area contributed by atoms with Crippen molar-refractivity contribution < 1.29 is 9.53 Å². The van der Waals surface area contributed by atoms with Gasteiger partial charge >= 0.3 is 0 Å². The van der Waals surface area contributed by atoms with Gasteiger partial charge in [0.1, 0.15) is 0 Å². The van der Waals surface area contributed by atoms with Crippen LogP contribution in [0.4, 0.5) is 0 Å². The Hall–Kier alpha value is -0.870. The fraction of sp³-hybridized carbons (Fsp3) is 0.769. The number of hydrogen-bond acceptors (Lipinski definition) is 3. The molecule has 0 saturated heterocycles. The molecule has 2 aliphatic rings. The number of hydrogen-bond donors (Lipinski definition) is 1. The van der Waals surface area contributed by atoms with Gasteiger partial charge in [-0.3, -0.25) is 4.79 Å². The molecule has 4 nitrogen and oxygen atoms in total. The summed E-state index contributed by atoms with van der Waals surface area (Å²) in [5, 5.41) is 0. The van der Waals surface area contributed by atoms with E-state index in [0.717, 1.165) is 38.8 Å². The summed E-state index contributed by atoms with van der Waals surface area (Å²) in [6.45, 7) is 2.72. The van der Waals surface area contributed by atoms with E-state index in [2.05, 4.69) is 6.08 Å². The van der Waals surface area contributed by atoms with Crippen LogP contribution in [-0.2, 0) is 9.53 Å². The summed E-state index contributed by atoms with van der Waals surface area (Å²) in [7, 11) is 1.70. The van der Waals surface area contributed by atoms with Crippen LogP contribution in [-0.4, -0.2) is 44.2 Å². The third-order valence-electron chi connectivity index (χ3n) is 4.08. The lowest BCUT2D eigenvalue weighted by atomic mass is 9.67. The summed E-state index contributed by atoms with van der Waals surface area (Å²) >= 11 is 0. The summed E-state index contributed by atoms with van der Waals surface area (Å²) < 4.78 is 5.11. The quantitative estimate of drug-likeness (QED) is 0.741. The smallest absolute Gasteiger partial charge is 0.230 e. The molecule has 1 aliphatic heterocycles. The molecule has 4 heteroatoms. The van der Waals surface area contributed by atoms with Gasteiger partial charge in [-0.2, -0.15) is 0 Å². The van der Waals surface area contributed by atoms with E-state index in [0.29, 0.717) is 13.2 Å². The number of rotatable bonds is 4. The summed E-state index contributed by atoms with van der Waals surface area (Å²) in [5.41, 5.74) is 6.84. The average molecular weight is 238 g/mol. The van der Waals surface area contributed by atoms with Gasteiger partial charge in [0.15, 0.2) is 0 Å². The maximum Gasteiger partial charge on any atom is 0.230 e. The lowest BCUT2D eigenvalue weighted by Gasteiger charge is -2.43. The van der Waals surface area contributed by atoms with Crippen molar-refractivity contribution in [1.82, 2.24) is 4.90 Å². The van der Waals surface area contributed by atoms with Crippen molar-refractivity contribution in [2.75, 3.05) is 33.4 Å². The molecule has 1 aliphatic carbocycles. The highest BCUT2D eigenvalue weighted by Crippen LogP contribution is 2.41. The SMILES string of the molecule is COCC1=CCN(C(=O)C2(CN)CCC2)CC1. The number of nitrogens with two attached hydrogens (primary N) is 1. The normalized spacial score (nSPS) is 22.9. The molecule has 0 spiro atoms. The minimum atomic E-state index is -0.230. The van der Waals surface area contributed by atoms with Gasteiger partial charge in [-0.15, -0.1) is 0 Å². The number of carbonyl (C=O) groups is 1. The van der Waals surface area contributed by atoms with E-state index in [-0.39, 0.29) is 11.3 Å². The van der Waals surface area contributed by atoms with Crippen molar-refractivity contribution in [3.8, 4) is 0 Å². The van der Waals surface area contributed by atoms with Gasteiger partial charge < -0.3 is 15.4 Å². The molecule has 0 aromatic heterocycles. The molecular formula is C13H22N2O2. The predicted molar refractivity (Wildman–Crippen MR) is 66.5 cm³/mol. The summed E-state index contributed by atoms with van der Waals surface area (Å²) in [6, 6.07) is 0. The molecule has 2 N–H and O–H groups in total. The number of nitrogens with zero attached hydrogens (tertiary/aromatic N) is 1. The highest BCUT2D eigenvalue weighted by atomic mass is 16.5. The van der Waals surface area contributed by atoms with Crippen molar-refractivity contribution in [2.24, 2.45) is 11.1 Å². The van der Waals surface area contributed by atoms with E-state index < -0.39 is 0 Å². The Morgan fingerprint density at radius 3 is 2.76 bits per heavy atom. The van der Waals surface area contributed by atoms with Gasteiger partial charge in [-0.05, 0) is 24.8 Å². The zero-order valence-electron chi connectivity index (χ0n) is 10.6. The molecule has 0 radical (unpaired) electrons. The summed E-state index contributed by atoms with van der Waals surface area (Å²) in [6.07, 6.45) is 6.12. The monoisotopic (exact) mass is 238 g/mol.